The van der Waals surface area contributed by atoms with Gasteiger partial charge in [-0.1, -0.05) is 54.6 Å². The van der Waals surface area contributed by atoms with Gasteiger partial charge >= 0.3 is 6.18 Å². The van der Waals surface area contributed by atoms with Gasteiger partial charge in [0.2, 0.25) is 0 Å². The molecule has 0 spiro atoms. The van der Waals surface area contributed by atoms with Crippen LogP contribution in [0.3, 0.4) is 0 Å². The van der Waals surface area contributed by atoms with Gasteiger partial charge in [0, 0.05) is 0 Å². The first-order chi connectivity index (χ1) is 16.3. The van der Waals surface area contributed by atoms with Gasteiger partial charge in [-0.05, 0) is 83.2 Å². The van der Waals surface area contributed by atoms with E-state index in [0.29, 0.717) is 0 Å². The highest BCUT2D eigenvalue weighted by atomic mass is 19.4. The molecule has 0 atom stereocenters. The molecule has 176 valence electrons. The zero-order valence-corrected chi connectivity index (χ0v) is 18.8. The third kappa shape index (κ3) is 5.57. The second-order valence-corrected chi connectivity index (χ2v) is 8.16. The summed E-state index contributed by atoms with van der Waals surface area (Å²) in [6.45, 7) is 1.47. The van der Waals surface area contributed by atoms with Crippen LogP contribution < -0.4 is 10.1 Å². The van der Waals surface area contributed by atoms with Crippen LogP contribution in [-0.4, -0.2) is 20.2 Å². The van der Waals surface area contributed by atoms with E-state index in [2.05, 4.69) is 17.4 Å². The fourth-order valence-corrected chi connectivity index (χ4v) is 4.04. The number of nitrogens with one attached hydrogen (secondary N) is 1. The highest BCUT2D eigenvalue weighted by Gasteiger charge is 2.30. The lowest BCUT2D eigenvalue weighted by molar-refractivity contribution is -0.137. The number of alkyl halides is 3. The van der Waals surface area contributed by atoms with E-state index in [1.807, 2.05) is 24.3 Å². The van der Waals surface area contributed by atoms with Crippen molar-refractivity contribution in [2.24, 2.45) is 0 Å². The Bertz CT molecular complexity index is 1270. The maximum atomic E-state index is 13.5. The molecule has 0 amide bonds. The minimum Gasteiger partial charge on any atom is -0.494 e. The van der Waals surface area contributed by atoms with Crippen molar-refractivity contribution in [3.63, 3.8) is 0 Å². The number of hydrogen-bond acceptors (Lipinski definition) is 2. The summed E-state index contributed by atoms with van der Waals surface area (Å²) in [6.07, 6.45) is -2.84. The molecule has 0 fully saturated rings. The van der Waals surface area contributed by atoms with Crippen LogP contribution in [0.5, 0.6) is 5.75 Å². The van der Waals surface area contributed by atoms with Gasteiger partial charge in [0.05, 0.1) is 12.7 Å². The normalized spacial score (nSPS) is 11.7. The van der Waals surface area contributed by atoms with Crippen molar-refractivity contribution in [3.8, 4) is 16.9 Å². The van der Waals surface area contributed by atoms with Crippen molar-refractivity contribution in [2.75, 3.05) is 20.2 Å². The second-order valence-electron chi connectivity index (χ2n) is 8.16. The Kier molecular flexibility index (Phi) is 7.17. The Morgan fingerprint density at radius 2 is 1.50 bits per heavy atom. The van der Waals surface area contributed by atoms with Crippen LogP contribution >= 0.6 is 0 Å². The van der Waals surface area contributed by atoms with E-state index >= 15 is 0 Å². The summed E-state index contributed by atoms with van der Waals surface area (Å²) in [5, 5.41) is 5.46. The SMILES string of the molecule is COc1cc(CCNCCc2cc(-c3ccc(C(F)(F)F)cc3)c3ccccc3c2)ccc1F. The summed E-state index contributed by atoms with van der Waals surface area (Å²) < 4.78 is 57.5. The minimum absolute atomic E-state index is 0.240. The molecule has 34 heavy (non-hydrogen) atoms. The van der Waals surface area contributed by atoms with E-state index in [1.54, 1.807) is 12.1 Å². The van der Waals surface area contributed by atoms with Crippen molar-refractivity contribution in [3.05, 3.63) is 101 Å². The summed E-state index contributed by atoms with van der Waals surface area (Å²) in [4.78, 5) is 0. The molecular formula is C28H25F4NO. The van der Waals surface area contributed by atoms with Gasteiger partial charge in [0.15, 0.2) is 11.6 Å². The Hall–Kier alpha value is -3.38. The van der Waals surface area contributed by atoms with Gasteiger partial charge in [-0.25, -0.2) is 4.39 Å². The number of ether oxygens (including phenoxy) is 1. The minimum atomic E-state index is -4.35. The van der Waals surface area contributed by atoms with E-state index in [1.165, 1.54) is 25.3 Å². The van der Waals surface area contributed by atoms with E-state index in [9.17, 15) is 17.6 Å². The molecule has 0 aromatic heterocycles. The molecule has 0 aliphatic heterocycles. The third-order valence-electron chi connectivity index (χ3n) is 5.84. The zero-order chi connectivity index (χ0) is 24.1. The molecule has 0 saturated carbocycles. The van der Waals surface area contributed by atoms with Gasteiger partial charge in [-0.15, -0.1) is 0 Å². The van der Waals surface area contributed by atoms with Crippen molar-refractivity contribution in [2.45, 2.75) is 19.0 Å². The molecule has 0 aliphatic rings. The van der Waals surface area contributed by atoms with Gasteiger partial charge in [0.25, 0.3) is 0 Å². The zero-order valence-electron chi connectivity index (χ0n) is 18.8. The van der Waals surface area contributed by atoms with E-state index in [0.717, 1.165) is 71.1 Å². The predicted molar refractivity (Wildman–Crippen MR) is 128 cm³/mol. The number of halogens is 4. The highest BCUT2D eigenvalue weighted by molar-refractivity contribution is 5.97. The fraction of sp³-hybridized carbons (Fsp3) is 0.214. The molecule has 0 unspecified atom stereocenters. The van der Waals surface area contributed by atoms with Crippen LogP contribution in [0.1, 0.15) is 16.7 Å². The molecule has 4 rings (SSSR count). The van der Waals surface area contributed by atoms with Crippen LogP contribution in [0.15, 0.2) is 78.9 Å². The van der Waals surface area contributed by atoms with Crippen molar-refractivity contribution in [1.29, 1.82) is 0 Å². The van der Waals surface area contributed by atoms with Gasteiger partial charge < -0.3 is 10.1 Å². The number of benzene rings is 4. The topological polar surface area (TPSA) is 21.3 Å². The molecule has 0 aliphatic carbocycles. The predicted octanol–water partition coefficient (Wildman–Crippen LogP) is 7.05. The van der Waals surface area contributed by atoms with Crippen LogP contribution in [0, 0.1) is 5.82 Å². The average molecular weight is 468 g/mol. The van der Waals surface area contributed by atoms with E-state index < -0.39 is 11.7 Å². The Morgan fingerprint density at radius 1 is 0.794 bits per heavy atom. The molecule has 0 bridgehead atoms. The summed E-state index contributed by atoms with van der Waals surface area (Å²) in [7, 11) is 1.45. The van der Waals surface area contributed by atoms with E-state index in [-0.39, 0.29) is 11.6 Å². The largest absolute Gasteiger partial charge is 0.494 e. The first kappa shape index (κ1) is 23.8. The van der Waals surface area contributed by atoms with Gasteiger partial charge in [-0.2, -0.15) is 13.2 Å². The van der Waals surface area contributed by atoms with Crippen molar-refractivity contribution in [1.82, 2.24) is 5.32 Å². The lowest BCUT2D eigenvalue weighted by Crippen LogP contribution is -2.20. The molecule has 1 N–H and O–H groups in total. The number of methoxy groups -OCH3 is 1. The summed E-state index contributed by atoms with van der Waals surface area (Å²) >= 11 is 0. The van der Waals surface area contributed by atoms with Crippen LogP contribution in [0.4, 0.5) is 17.6 Å². The Labute approximate surface area is 196 Å². The standard InChI is InChI=1S/C28H25F4NO/c1-34-27-18-19(6-11-26(27)29)12-14-33-15-13-20-16-22-4-2-3-5-24(22)25(17-20)21-7-9-23(10-8-21)28(30,31)32/h2-11,16-18,33H,12-15H2,1H3. The lowest BCUT2D eigenvalue weighted by atomic mass is 9.94. The fourth-order valence-electron chi connectivity index (χ4n) is 4.04. The van der Waals surface area contributed by atoms with Gasteiger partial charge in [0.1, 0.15) is 0 Å². The average Bonchev–Trinajstić information content (AvgIpc) is 2.84. The Morgan fingerprint density at radius 3 is 2.21 bits per heavy atom. The summed E-state index contributed by atoms with van der Waals surface area (Å²) in [6, 6.07) is 22.2. The van der Waals surface area contributed by atoms with Crippen LogP contribution in [0.25, 0.3) is 21.9 Å². The lowest BCUT2D eigenvalue weighted by Gasteiger charge is -2.13. The van der Waals surface area contributed by atoms with Crippen LogP contribution in [-0.2, 0) is 19.0 Å². The third-order valence-corrected chi connectivity index (χ3v) is 5.84. The molecule has 6 heteroatoms. The first-order valence-electron chi connectivity index (χ1n) is 11.1. The second kappa shape index (κ2) is 10.3. The maximum Gasteiger partial charge on any atom is 0.416 e. The molecule has 0 heterocycles. The number of fused-ring (bicyclic) bond motifs is 1. The van der Waals surface area contributed by atoms with Crippen LogP contribution in [0.2, 0.25) is 0 Å². The summed E-state index contributed by atoms with van der Waals surface area (Å²) in [5.74, 6) is -0.135. The first-order valence-corrected chi connectivity index (χ1v) is 11.1. The van der Waals surface area contributed by atoms with Crippen molar-refractivity contribution >= 4 is 10.8 Å². The number of rotatable bonds is 8. The smallest absolute Gasteiger partial charge is 0.416 e. The highest BCUT2D eigenvalue weighted by Crippen LogP contribution is 2.34. The maximum absolute atomic E-state index is 13.5. The Balaban J connectivity index is 1.45. The quantitative estimate of drug-likeness (QED) is 0.222. The molecular weight excluding hydrogens is 442 g/mol. The monoisotopic (exact) mass is 467 g/mol. The molecule has 4 aromatic carbocycles. The molecule has 0 saturated heterocycles. The molecule has 0 radical (unpaired) electrons. The van der Waals surface area contributed by atoms with E-state index in [4.69, 9.17) is 4.74 Å². The molecule has 4 aromatic rings. The summed E-state index contributed by atoms with van der Waals surface area (Å²) in [5.41, 5.74) is 3.11. The van der Waals surface area contributed by atoms with Gasteiger partial charge in [-0.3, -0.25) is 0 Å². The van der Waals surface area contributed by atoms with Crippen molar-refractivity contribution < 1.29 is 22.3 Å². The number of hydrogen-bond donors (Lipinski definition) is 1. The molecule has 2 nitrogen and oxygen atoms in total.